The van der Waals surface area contributed by atoms with Crippen LogP contribution in [-0.2, 0) is 16.1 Å². The molecule has 0 unspecified atom stereocenters. The number of nitrogens with zero attached hydrogens (tertiary/aromatic N) is 2. The lowest BCUT2D eigenvalue weighted by Gasteiger charge is -2.33. The van der Waals surface area contributed by atoms with E-state index < -0.39 is 0 Å². The highest BCUT2D eigenvalue weighted by molar-refractivity contribution is 6.11. The van der Waals surface area contributed by atoms with Crippen LogP contribution in [0.4, 0.5) is 11.4 Å². The molecule has 1 N–H and O–H groups in total. The molecular weight excluding hydrogens is 354 g/mol. The highest BCUT2D eigenvalue weighted by Gasteiger charge is 2.31. The zero-order chi connectivity index (χ0) is 20.1. The number of carbonyl (C=O) groups is 2. The van der Waals surface area contributed by atoms with Crippen LogP contribution >= 0.6 is 0 Å². The molecule has 0 bridgehead atoms. The average molecular weight is 379 g/mol. The first-order valence-corrected chi connectivity index (χ1v) is 9.22. The number of amides is 2. The Hall–Kier alpha value is -3.12. The van der Waals surface area contributed by atoms with Gasteiger partial charge in [-0.05, 0) is 43.8 Å². The van der Waals surface area contributed by atoms with E-state index in [1.54, 1.807) is 17.0 Å². The van der Waals surface area contributed by atoms with Crippen molar-refractivity contribution in [1.29, 1.82) is 0 Å². The summed E-state index contributed by atoms with van der Waals surface area (Å²) in [6.45, 7) is 6.60. The fourth-order valence-electron chi connectivity index (χ4n) is 3.12. The molecule has 1 heterocycles. The van der Waals surface area contributed by atoms with Crippen molar-refractivity contribution in [3.8, 4) is 5.75 Å². The number of hydrogen-bond donors (Lipinski definition) is 1. The van der Waals surface area contributed by atoms with Gasteiger partial charge in [-0.2, -0.15) is 0 Å². The minimum atomic E-state index is -0.379. The molecule has 2 aromatic carbocycles. The van der Waals surface area contributed by atoms with Crippen molar-refractivity contribution in [3.05, 3.63) is 66.7 Å². The number of carbonyl (C=O) groups excluding carboxylic acids is 2. The number of rotatable bonds is 7. The number of para-hydroxylation sites is 2. The maximum Gasteiger partial charge on any atom is 0.244 e. The summed E-state index contributed by atoms with van der Waals surface area (Å²) >= 11 is 0. The third-order valence-electron chi connectivity index (χ3n) is 4.78. The number of anilines is 2. The number of likely N-dealkylation sites (N-methyl/N-ethyl adjacent to an activating group) is 1. The molecule has 1 atom stereocenters. The standard InChI is InChI=1S/C22H25N3O3/c1-4-13-28-18-11-9-17(10-12-18)14-24(3)16(2)22(27)25-15-21(26)23-19-7-5-6-8-20(19)25/h4-12,16H,1,13-15H2,2-3H3,(H,23,26)/t16-/m1/s1. The van der Waals surface area contributed by atoms with Gasteiger partial charge in [0.15, 0.2) is 0 Å². The van der Waals surface area contributed by atoms with Crippen LogP contribution in [0.25, 0.3) is 0 Å². The van der Waals surface area contributed by atoms with Gasteiger partial charge in [-0.15, -0.1) is 0 Å². The van der Waals surface area contributed by atoms with Crippen LogP contribution in [0.2, 0.25) is 0 Å². The lowest BCUT2D eigenvalue weighted by molar-refractivity contribution is -0.125. The third kappa shape index (κ3) is 4.40. The van der Waals surface area contributed by atoms with Crippen LogP contribution in [-0.4, -0.2) is 43.0 Å². The van der Waals surface area contributed by atoms with Crippen LogP contribution in [0.5, 0.6) is 5.75 Å². The van der Waals surface area contributed by atoms with Crippen molar-refractivity contribution >= 4 is 23.2 Å². The number of fused-ring (bicyclic) bond motifs is 1. The smallest absolute Gasteiger partial charge is 0.244 e. The lowest BCUT2D eigenvalue weighted by atomic mass is 10.1. The van der Waals surface area contributed by atoms with Crippen LogP contribution in [0.3, 0.4) is 0 Å². The largest absolute Gasteiger partial charge is 0.490 e. The van der Waals surface area contributed by atoms with Crippen molar-refractivity contribution in [2.75, 3.05) is 30.4 Å². The number of nitrogens with one attached hydrogen (secondary N) is 1. The Morgan fingerprint density at radius 3 is 2.71 bits per heavy atom. The molecule has 0 fully saturated rings. The van der Waals surface area contributed by atoms with Crippen LogP contribution in [0.1, 0.15) is 12.5 Å². The minimum Gasteiger partial charge on any atom is -0.490 e. The van der Waals surface area contributed by atoms with Gasteiger partial charge in [0.05, 0.1) is 17.4 Å². The highest BCUT2D eigenvalue weighted by Crippen LogP contribution is 2.29. The van der Waals surface area contributed by atoms with Gasteiger partial charge in [-0.25, -0.2) is 0 Å². The van der Waals surface area contributed by atoms with Gasteiger partial charge in [-0.1, -0.05) is 36.9 Å². The van der Waals surface area contributed by atoms with Gasteiger partial charge >= 0.3 is 0 Å². The molecule has 1 aliphatic heterocycles. The molecule has 2 amide bonds. The van der Waals surface area contributed by atoms with Crippen LogP contribution < -0.4 is 15.0 Å². The highest BCUT2D eigenvalue weighted by atomic mass is 16.5. The molecule has 0 aliphatic carbocycles. The minimum absolute atomic E-state index is 0.0311. The first-order valence-electron chi connectivity index (χ1n) is 9.22. The fourth-order valence-corrected chi connectivity index (χ4v) is 3.12. The molecule has 2 aromatic rings. The van der Waals surface area contributed by atoms with Gasteiger partial charge in [0.25, 0.3) is 0 Å². The van der Waals surface area contributed by atoms with Crippen molar-refractivity contribution in [1.82, 2.24) is 4.90 Å². The zero-order valence-corrected chi connectivity index (χ0v) is 16.2. The number of benzene rings is 2. The van der Waals surface area contributed by atoms with Gasteiger partial charge in [0.1, 0.15) is 18.9 Å². The Balaban J connectivity index is 1.68. The Kier molecular flexibility index (Phi) is 6.11. The molecule has 0 radical (unpaired) electrons. The topological polar surface area (TPSA) is 61.9 Å². The molecule has 0 saturated carbocycles. The van der Waals surface area contributed by atoms with E-state index in [-0.39, 0.29) is 24.4 Å². The first kappa shape index (κ1) is 19.6. The van der Waals surface area contributed by atoms with E-state index in [1.807, 2.05) is 61.3 Å². The summed E-state index contributed by atoms with van der Waals surface area (Å²) in [5, 5.41) is 2.81. The summed E-state index contributed by atoms with van der Waals surface area (Å²) in [7, 11) is 1.90. The molecule has 6 nitrogen and oxygen atoms in total. The number of ether oxygens (including phenoxy) is 1. The lowest BCUT2D eigenvalue weighted by Crippen LogP contribution is -2.50. The van der Waals surface area contributed by atoms with Gasteiger partial charge in [0, 0.05) is 6.54 Å². The van der Waals surface area contributed by atoms with Crippen molar-refractivity contribution in [2.24, 2.45) is 0 Å². The summed E-state index contributed by atoms with van der Waals surface area (Å²) in [6.07, 6.45) is 1.70. The third-order valence-corrected chi connectivity index (χ3v) is 4.78. The monoisotopic (exact) mass is 379 g/mol. The van der Waals surface area contributed by atoms with Gasteiger partial charge < -0.3 is 10.1 Å². The fraction of sp³-hybridized carbons (Fsp3) is 0.273. The quantitative estimate of drug-likeness (QED) is 0.751. The second-order valence-corrected chi connectivity index (χ2v) is 6.82. The number of hydrogen-bond acceptors (Lipinski definition) is 4. The Labute approximate surface area is 165 Å². The van der Waals surface area contributed by atoms with Crippen LogP contribution in [0, 0.1) is 0 Å². The molecule has 1 aliphatic rings. The van der Waals surface area contributed by atoms with E-state index in [0.29, 0.717) is 18.8 Å². The van der Waals surface area contributed by atoms with E-state index in [1.165, 1.54) is 0 Å². The van der Waals surface area contributed by atoms with E-state index in [2.05, 4.69) is 11.9 Å². The second-order valence-electron chi connectivity index (χ2n) is 6.82. The molecule has 0 aromatic heterocycles. The summed E-state index contributed by atoms with van der Waals surface area (Å²) < 4.78 is 5.49. The van der Waals surface area contributed by atoms with Crippen molar-refractivity contribution in [2.45, 2.75) is 19.5 Å². The van der Waals surface area contributed by atoms with E-state index >= 15 is 0 Å². The maximum absolute atomic E-state index is 13.1. The molecule has 3 rings (SSSR count). The SMILES string of the molecule is C=CCOc1ccc(CN(C)[C@H](C)C(=O)N2CC(=O)Nc3ccccc32)cc1. The van der Waals surface area contributed by atoms with Gasteiger partial charge in [0.2, 0.25) is 11.8 Å². The summed E-state index contributed by atoms with van der Waals surface area (Å²) in [6, 6.07) is 14.8. The summed E-state index contributed by atoms with van der Waals surface area (Å²) in [4.78, 5) is 28.6. The second kappa shape index (κ2) is 8.71. The average Bonchev–Trinajstić information content (AvgIpc) is 2.71. The first-order chi connectivity index (χ1) is 13.5. The van der Waals surface area contributed by atoms with Crippen molar-refractivity contribution in [3.63, 3.8) is 0 Å². The Bertz CT molecular complexity index is 864. The molecule has 6 heteroatoms. The predicted molar refractivity (Wildman–Crippen MR) is 110 cm³/mol. The van der Waals surface area contributed by atoms with Crippen LogP contribution in [0.15, 0.2) is 61.2 Å². The Morgan fingerprint density at radius 2 is 2.00 bits per heavy atom. The van der Waals surface area contributed by atoms with E-state index in [4.69, 9.17) is 4.74 Å². The molecule has 0 spiro atoms. The normalized spacial score (nSPS) is 14.2. The predicted octanol–water partition coefficient (Wildman–Crippen LogP) is 3.06. The molecule has 28 heavy (non-hydrogen) atoms. The summed E-state index contributed by atoms with van der Waals surface area (Å²) in [5.41, 5.74) is 2.47. The summed E-state index contributed by atoms with van der Waals surface area (Å²) in [5.74, 6) is 0.499. The molecular formula is C22H25N3O3. The maximum atomic E-state index is 13.1. The van der Waals surface area contributed by atoms with E-state index in [0.717, 1.165) is 17.0 Å². The van der Waals surface area contributed by atoms with E-state index in [9.17, 15) is 9.59 Å². The van der Waals surface area contributed by atoms with Crippen molar-refractivity contribution < 1.29 is 14.3 Å². The van der Waals surface area contributed by atoms with Gasteiger partial charge in [-0.3, -0.25) is 19.4 Å². The zero-order valence-electron chi connectivity index (χ0n) is 16.2. The Morgan fingerprint density at radius 1 is 1.29 bits per heavy atom. The molecule has 146 valence electrons. The molecule has 0 saturated heterocycles.